The Hall–Kier alpha value is -2.60. The van der Waals surface area contributed by atoms with Crippen molar-refractivity contribution in [3.63, 3.8) is 0 Å². The van der Waals surface area contributed by atoms with E-state index in [1.807, 2.05) is 0 Å². The monoisotopic (exact) mass is 472 g/mol. The first-order chi connectivity index (χ1) is 13.8. The SMILES string of the molecule is CC(=NNc1ncc(C(F)(F)F)cc1Cl)C(C)=NNc1ncc(C(F)(F)F)cc1Cl. The van der Waals surface area contributed by atoms with Gasteiger partial charge in [0.05, 0.1) is 32.6 Å². The van der Waals surface area contributed by atoms with Crippen LogP contribution in [0.15, 0.2) is 34.7 Å². The van der Waals surface area contributed by atoms with Gasteiger partial charge in [-0.15, -0.1) is 0 Å². The number of anilines is 2. The van der Waals surface area contributed by atoms with Crippen LogP contribution in [-0.2, 0) is 12.4 Å². The van der Waals surface area contributed by atoms with Gasteiger partial charge in [0.2, 0.25) is 0 Å². The lowest BCUT2D eigenvalue weighted by atomic mass is 10.3. The third-order valence-corrected chi connectivity index (χ3v) is 4.10. The lowest BCUT2D eigenvalue weighted by molar-refractivity contribution is -0.138. The van der Waals surface area contributed by atoms with Gasteiger partial charge in [0.15, 0.2) is 11.6 Å². The van der Waals surface area contributed by atoms with E-state index in [9.17, 15) is 26.3 Å². The Labute approximate surface area is 176 Å². The van der Waals surface area contributed by atoms with Gasteiger partial charge in [-0.25, -0.2) is 9.97 Å². The number of alkyl halides is 6. The van der Waals surface area contributed by atoms with Gasteiger partial charge in [0, 0.05) is 12.4 Å². The van der Waals surface area contributed by atoms with E-state index in [0.29, 0.717) is 24.5 Å². The van der Waals surface area contributed by atoms with Crippen molar-refractivity contribution in [1.82, 2.24) is 9.97 Å². The summed E-state index contributed by atoms with van der Waals surface area (Å²) in [4.78, 5) is 7.13. The second-order valence-electron chi connectivity index (χ2n) is 5.72. The molecule has 162 valence electrons. The zero-order valence-corrected chi connectivity index (χ0v) is 16.6. The van der Waals surface area contributed by atoms with E-state index in [2.05, 4.69) is 31.0 Å². The van der Waals surface area contributed by atoms with Crippen LogP contribution in [0.5, 0.6) is 0 Å². The Morgan fingerprint density at radius 2 is 1.10 bits per heavy atom. The van der Waals surface area contributed by atoms with Crippen molar-refractivity contribution in [2.45, 2.75) is 26.2 Å². The molecular formula is C16H12Cl2F6N6. The Morgan fingerprint density at radius 1 is 0.767 bits per heavy atom. The summed E-state index contributed by atoms with van der Waals surface area (Å²) >= 11 is 11.5. The van der Waals surface area contributed by atoms with Crippen LogP contribution in [0.25, 0.3) is 0 Å². The van der Waals surface area contributed by atoms with Gasteiger partial charge in [0.25, 0.3) is 0 Å². The highest BCUT2D eigenvalue weighted by Gasteiger charge is 2.32. The maximum Gasteiger partial charge on any atom is 0.417 e. The van der Waals surface area contributed by atoms with Crippen LogP contribution < -0.4 is 10.9 Å². The lowest BCUT2D eigenvalue weighted by Crippen LogP contribution is -2.12. The van der Waals surface area contributed by atoms with E-state index < -0.39 is 23.5 Å². The van der Waals surface area contributed by atoms with Gasteiger partial charge >= 0.3 is 12.4 Å². The quantitative estimate of drug-likeness (QED) is 0.313. The smallest absolute Gasteiger partial charge is 0.260 e. The second-order valence-corrected chi connectivity index (χ2v) is 6.54. The molecule has 0 atom stereocenters. The van der Waals surface area contributed by atoms with Gasteiger partial charge < -0.3 is 0 Å². The Morgan fingerprint density at radius 3 is 1.37 bits per heavy atom. The molecule has 0 amide bonds. The molecule has 0 saturated heterocycles. The summed E-state index contributed by atoms with van der Waals surface area (Å²) < 4.78 is 75.7. The van der Waals surface area contributed by atoms with Gasteiger partial charge in [-0.2, -0.15) is 36.5 Å². The molecule has 2 aromatic rings. The number of halogens is 8. The topological polar surface area (TPSA) is 74.6 Å². The molecule has 0 aliphatic rings. The molecule has 0 saturated carbocycles. The first kappa shape index (κ1) is 23.7. The first-order valence-corrected chi connectivity index (χ1v) is 8.61. The predicted octanol–water partition coefficient (Wildman–Crippen LogP) is 6.10. The molecule has 0 aromatic carbocycles. The van der Waals surface area contributed by atoms with Gasteiger partial charge in [0.1, 0.15) is 0 Å². The standard InChI is InChI=1S/C16H12Cl2F6N6/c1-7(27-29-13-11(17)3-9(5-25-13)15(19,20)21)8(2)28-30-14-12(18)4-10(6-26-14)16(22,23)24/h3-6H,1-2H3,(H,25,29)(H,26,30). The van der Waals surface area contributed by atoms with Crippen LogP contribution in [0.3, 0.4) is 0 Å². The van der Waals surface area contributed by atoms with E-state index in [1.165, 1.54) is 13.8 Å². The largest absolute Gasteiger partial charge is 0.417 e. The van der Waals surface area contributed by atoms with Crippen molar-refractivity contribution < 1.29 is 26.3 Å². The molecule has 0 aliphatic heterocycles. The minimum Gasteiger partial charge on any atom is -0.260 e. The number of aromatic nitrogens is 2. The van der Waals surface area contributed by atoms with Crippen molar-refractivity contribution in [3.05, 3.63) is 45.7 Å². The molecule has 0 spiro atoms. The number of nitrogens with one attached hydrogen (secondary N) is 2. The number of rotatable bonds is 5. The van der Waals surface area contributed by atoms with Crippen molar-refractivity contribution in [2.24, 2.45) is 10.2 Å². The molecule has 2 aromatic heterocycles. The predicted molar refractivity (Wildman–Crippen MR) is 102 cm³/mol. The number of hydrogen-bond acceptors (Lipinski definition) is 6. The average Bonchev–Trinajstić information content (AvgIpc) is 2.63. The van der Waals surface area contributed by atoms with Crippen LogP contribution in [0.4, 0.5) is 38.0 Å². The fourth-order valence-corrected chi connectivity index (χ4v) is 2.20. The van der Waals surface area contributed by atoms with Crippen LogP contribution in [0.1, 0.15) is 25.0 Å². The molecule has 2 rings (SSSR count). The fraction of sp³-hybridized carbons (Fsp3) is 0.250. The van der Waals surface area contributed by atoms with Crippen molar-refractivity contribution in [1.29, 1.82) is 0 Å². The maximum absolute atomic E-state index is 12.6. The van der Waals surface area contributed by atoms with Gasteiger partial charge in [-0.3, -0.25) is 10.9 Å². The Balaban J connectivity index is 2.09. The van der Waals surface area contributed by atoms with Gasteiger partial charge in [-0.05, 0) is 26.0 Å². The number of pyridine rings is 2. The highest BCUT2D eigenvalue weighted by Crippen LogP contribution is 2.33. The van der Waals surface area contributed by atoms with E-state index >= 15 is 0 Å². The minimum atomic E-state index is -4.59. The number of hydrazone groups is 2. The van der Waals surface area contributed by atoms with E-state index in [4.69, 9.17) is 23.2 Å². The maximum atomic E-state index is 12.6. The Bertz CT molecular complexity index is 908. The summed E-state index contributed by atoms with van der Waals surface area (Å²) in [5.41, 5.74) is 3.33. The molecule has 6 nitrogen and oxygen atoms in total. The van der Waals surface area contributed by atoms with E-state index in [0.717, 1.165) is 0 Å². The lowest BCUT2D eigenvalue weighted by Gasteiger charge is -2.10. The van der Waals surface area contributed by atoms with Crippen molar-refractivity contribution in [3.8, 4) is 0 Å². The van der Waals surface area contributed by atoms with Crippen molar-refractivity contribution >= 4 is 46.3 Å². The third-order valence-electron chi connectivity index (χ3n) is 3.52. The molecule has 0 radical (unpaired) electrons. The summed E-state index contributed by atoms with van der Waals surface area (Å²) in [5, 5.41) is 7.19. The third kappa shape index (κ3) is 6.20. The van der Waals surface area contributed by atoms with Crippen molar-refractivity contribution in [2.75, 3.05) is 10.9 Å². The second kappa shape index (κ2) is 9.04. The molecule has 0 fully saturated rings. The molecule has 0 bridgehead atoms. The number of nitrogens with zero attached hydrogens (tertiary/aromatic N) is 4. The molecular weight excluding hydrogens is 461 g/mol. The highest BCUT2D eigenvalue weighted by atomic mass is 35.5. The summed E-state index contributed by atoms with van der Waals surface area (Å²) in [7, 11) is 0. The van der Waals surface area contributed by atoms with Gasteiger partial charge in [-0.1, -0.05) is 23.2 Å². The number of hydrogen-bond donors (Lipinski definition) is 2. The van der Waals surface area contributed by atoms with Crippen LogP contribution in [0.2, 0.25) is 10.0 Å². The molecule has 30 heavy (non-hydrogen) atoms. The Kier molecular flexibility index (Phi) is 7.14. The van der Waals surface area contributed by atoms with Crippen LogP contribution in [0, 0.1) is 0 Å². The minimum absolute atomic E-state index is 0.114. The van der Waals surface area contributed by atoms with Crippen LogP contribution in [-0.4, -0.2) is 21.4 Å². The summed E-state index contributed by atoms with van der Waals surface area (Å²) in [6.45, 7) is 3.01. The zero-order chi connectivity index (χ0) is 22.7. The molecule has 2 heterocycles. The van der Waals surface area contributed by atoms with Crippen LogP contribution >= 0.6 is 23.2 Å². The normalized spacial score (nSPS) is 13.4. The fourth-order valence-electron chi connectivity index (χ4n) is 1.79. The molecule has 2 N–H and O–H groups in total. The summed E-state index contributed by atoms with van der Waals surface area (Å²) in [5.74, 6) is -0.227. The summed E-state index contributed by atoms with van der Waals surface area (Å²) in [6, 6.07) is 1.39. The first-order valence-electron chi connectivity index (χ1n) is 7.85. The average molecular weight is 473 g/mol. The zero-order valence-electron chi connectivity index (χ0n) is 15.1. The van der Waals surface area contributed by atoms with E-state index in [1.54, 1.807) is 0 Å². The van der Waals surface area contributed by atoms with E-state index in [-0.39, 0.29) is 33.1 Å². The highest BCUT2D eigenvalue weighted by molar-refractivity contribution is 6.41. The molecule has 14 heteroatoms. The summed E-state index contributed by atoms with van der Waals surface area (Å²) in [6.07, 6.45) is -7.98. The molecule has 0 unspecified atom stereocenters. The molecule has 0 aliphatic carbocycles.